The van der Waals surface area contributed by atoms with E-state index < -0.39 is 0 Å². The Balaban J connectivity index is 1.42. The summed E-state index contributed by atoms with van der Waals surface area (Å²) >= 11 is 1.24. The van der Waals surface area contributed by atoms with E-state index in [1.807, 2.05) is 85.8 Å². The molecule has 0 saturated carbocycles. The van der Waals surface area contributed by atoms with Crippen molar-refractivity contribution in [3.05, 3.63) is 84.9 Å². The first-order valence-corrected chi connectivity index (χ1v) is 12.3. The number of nitrogens with zero attached hydrogens (tertiary/aromatic N) is 4. The smallest absolute Gasteiger partial charge is 0.237 e. The third-order valence-electron chi connectivity index (χ3n) is 5.71. The second-order valence-electron chi connectivity index (χ2n) is 8.19. The van der Waals surface area contributed by atoms with Crippen LogP contribution in [0.1, 0.15) is 13.3 Å². The number of carbonyl (C=O) groups excluding carboxylic acids is 2. The van der Waals surface area contributed by atoms with Crippen LogP contribution in [0.2, 0.25) is 0 Å². The van der Waals surface area contributed by atoms with Crippen molar-refractivity contribution in [3.8, 4) is 22.5 Å². The molecule has 174 valence electrons. The maximum absolute atomic E-state index is 13.3. The Labute approximate surface area is 207 Å². The number of para-hydroxylation sites is 2. The summed E-state index contributed by atoms with van der Waals surface area (Å²) in [7, 11) is 0. The summed E-state index contributed by atoms with van der Waals surface area (Å²) in [6.07, 6.45) is 0.229. The fraction of sp³-hybridized carbons (Fsp3) is 0.148. The number of fused-ring (bicyclic) bond motifs is 1. The normalized spacial score (nSPS) is 15.2. The van der Waals surface area contributed by atoms with Crippen molar-refractivity contribution in [1.29, 1.82) is 0 Å². The van der Waals surface area contributed by atoms with E-state index in [1.165, 1.54) is 11.8 Å². The number of rotatable bonds is 5. The molecule has 1 N–H and O–H groups in total. The van der Waals surface area contributed by atoms with Crippen molar-refractivity contribution in [2.45, 2.75) is 24.5 Å². The van der Waals surface area contributed by atoms with Crippen LogP contribution in [0.5, 0.6) is 0 Å². The molecule has 0 radical (unpaired) electrons. The molecule has 0 fully saturated rings. The molecule has 35 heavy (non-hydrogen) atoms. The number of amides is 2. The van der Waals surface area contributed by atoms with Crippen LogP contribution in [0.25, 0.3) is 22.5 Å². The Morgan fingerprint density at radius 1 is 0.914 bits per heavy atom. The molecule has 0 bridgehead atoms. The molecular formula is C27H23N5O2S. The Bertz CT molecular complexity index is 1360. The predicted molar refractivity (Wildman–Crippen MR) is 138 cm³/mol. The summed E-state index contributed by atoms with van der Waals surface area (Å²) < 4.78 is 0. The summed E-state index contributed by atoms with van der Waals surface area (Å²) in [6, 6.07) is 26.7. The molecule has 7 nitrogen and oxygen atoms in total. The lowest BCUT2D eigenvalue weighted by Gasteiger charge is -2.27. The summed E-state index contributed by atoms with van der Waals surface area (Å²) in [4.78, 5) is 32.0. The van der Waals surface area contributed by atoms with Gasteiger partial charge in [-0.3, -0.25) is 9.59 Å². The zero-order chi connectivity index (χ0) is 24.2. The Morgan fingerprint density at radius 2 is 1.54 bits per heavy atom. The van der Waals surface area contributed by atoms with E-state index in [0.29, 0.717) is 27.9 Å². The van der Waals surface area contributed by atoms with Crippen LogP contribution in [0.15, 0.2) is 90.1 Å². The van der Waals surface area contributed by atoms with E-state index in [2.05, 4.69) is 15.5 Å². The molecule has 2 amide bonds. The maximum Gasteiger partial charge on any atom is 0.237 e. The quantitative estimate of drug-likeness (QED) is 0.401. The van der Waals surface area contributed by atoms with Gasteiger partial charge in [0.25, 0.3) is 0 Å². The van der Waals surface area contributed by atoms with Crippen LogP contribution in [0, 0.1) is 0 Å². The second kappa shape index (κ2) is 10.1. The first kappa shape index (κ1) is 22.7. The van der Waals surface area contributed by atoms with Gasteiger partial charge < -0.3 is 10.2 Å². The SMILES string of the molecule is C[C@@H]1CC(=O)Nc2ccccc2N1C(=O)CSc1nnc(-c2ccccc2)c(-c2ccccc2)n1. The molecule has 3 aromatic carbocycles. The van der Waals surface area contributed by atoms with Gasteiger partial charge in [-0.2, -0.15) is 0 Å². The standard InChI is InChI=1S/C27H23N5O2S/c1-18-16-23(33)28-21-14-8-9-15-22(21)32(18)24(34)17-35-27-29-25(19-10-4-2-5-11-19)26(30-31-27)20-12-6-3-7-13-20/h2-15,18H,16-17H2,1H3,(H,28,33)/t18-/m1/s1. The number of anilines is 2. The minimum absolute atomic E-state index is 0.107. The molecule has 1 aliphatic heterocycles. The number of thioether (sulfide) groups is 1. The van der Waals surface area contributed by atoms with E-state index in [-0.39, 0.29) is 30.0 Å². The lowest BCUT2D eigenvalue weighted by molar-refractivity contribution is -0.117. The third-order valence-corrected chi connectivity index (χ3v) is 6.54. The lowest BCUT2D eigenvalue weighted by atomic mass is 10.0. The first-order valence-electron chi connectivity index (χ1n) is 11.3. The Hall–Kier alpha value is -4.04. The molecule has 0 aliphatic carbocycles. The van der Waals surface area contributed by atoms with Crippen molar-refractivity contribution in [1.82, 2.24) is 15.2 Å². The van der Waals surface area contributed by atoms with Crippen LogP contribution in [0.3, 0.4) is 0 Å². The highest BCUT2D eigenvalue weighted by Gasteiger charge is 2.29. The zero-order valence-electron chi connectivity index (χ0n) is 19.1. The number of benzene rings is 3. The molecule has 2 heterocycles. The number of nitrogens with one attached hydrogen (secondary N) is 1. The van der Waals surface area contributed by atoms with Gasteiger partial charge in [-0.15, -0.1) is 10.2 Å². The van der Waals surface area contributed by atoms with E-state index in [0.717, 1.165) is 11.1 Å². The van der Waals surface area contributed by atoms with Crippen molar-refractivity contribution >= 4 is 35.0 Å². The van der Waals surface area contributed by atoms with Gasteiger partial charge in [0.1, 0.15) is 11.4 Å². The molecule has 4 aromatic rings. The van der Waals surface area contributed by atoms with Crippen LogP contribution >= 0.6 is 11.8 Å². The summed E-state index contributed by atoms with van der Waals surface area (Å²) in [5.41, 5.74) is 4.58. The minimum atomic E-state index is -0.272. The molecule has 8 heteroatoms. The highest BCUT2D eigenvalue weighted by Crippen LogP contribution is 2.33. The van der Waals surface area contributed by atoms with Crippen LogP contribution in [-0.4, -0.2) is 38.8 Å². The van der Waals surface area contributed by atoms with Crippen molar-refractivity contribution in [3.63, 3.8) is 0 Å². The predicted octanol–water partition coefficient (Wildman–Crippen LogP) is 5.06. The zero-order valence-corrected chi connectivity index (χ0v) is 19.9. The molecule has 1 aromatic heterocycles. The lowest BCUT2D eigenvalue weighted by Crippen LogP contribution is -2.40. The van der Waals surface area contributed by atoms with Crippen LogP contribution in [-0.2, 0) is 9.59 Å². The Morgan fingerprint density at radius 3 is 2.26 bits per heavy atom. The fourth-order valence-electron chi connectivity index (χ4n) is 4.12. The molecule has 0 saturated heterocycles. The molecule has 1 atom stereocenters. The van der Waals surface area contributed by atoms with Gasteiger partial charge in [-0.1, -0.05) is 84.6 Å². The van der Waals surface area contributed by atoms with Crippen molar-refractivity contribution < 1.29 is 9.59 Å². The van der Waals surface area contributed by atoms with Gasteiger partial charge in [0.2, 0.25) is 17.0 Å². The van der Waals surface area contributed by atoms with E-state index in [4.69, 9.17) is 4.98 Å². The first-order chi connectivity index (χ1) is 17.1. The fourth-order valence-corrected chi connectivity index (χ4v) is 4.77. The summed E-state index contributed by atoms with van der Waals surface area (Å²) in [6.45, 7) is 1.88. The Kier molecular flexibility index (Phi) is 6.54. The van der Waals surface area contributed by atoms with Crippen molar-refractivity contribution in [2.75, 3.05) is 16.0 Å². The van der Waals surface area contributed by atoms with E-state index >= 15 is 0 Å². The van der Waals surface area contributed by atoms with Gasteiger partial charge in [0, 0.05) is 23.6 Å². The highest BCUT2D eigenvalue weighted by atomic mass is 32.2. The average molecular weight is 482 g/mol. The second-order valence-corrected chi connectivity index (χ2v) is 9.14. The number of aromatic nitrogens is 3. The van der Waals surface area contributed by atoms with Crippen molar-refractivity contribution in [2.24, 2.45) is 0 Å². The van der Waals surface area contributed by atoms with Gasteiger partial charge in [-0.25, -0.2) is 4.98 Å². The highest BCUT2D eigenvalue weighted by molar-refractivity contribution is 7.99. The molecule has 0 spiro atoms. The minimum Gasteiger partial charge on any atom is -0.324 e. The van der Waals surface area contributed by atoms with E-state index in [9.17, 15) is 9.59 Å². The summed E-state index contributed by atoms with van der Waals surface area (Å²) in [5, 5.41) is 12.1. The van der Waals surface area contributed by atoms with Crippen LogP contribution < -0.4 is 10.2 Å². The molecule has 5 rings (SSSR count). The number of hydrogen-bond acceptors (Lipinski definition) is 6. The van der Waals surface area contributed by atoms with E-state index in [1.54, 1.807) is 11.0 Å². The summed E-state index contributed by atoms with van der Waals surface area (Å²) in [5.74, 6) is -0.110. The average Bonchev–Trinajstić information content (AvgIpc) is 3.02. The molecule has 0 unspecified atom stereocenters. The third kappa shape index (κ3) is 4.93. The monoisotopic (exact) mass is 481 g/mol. The molecule has 1 aliphatic rings. The van der Waals surface area contributed by atoms with Gasteiger partial charge >= 0.3 is 0 Å². The van der Waals surface area contributed by atoms with Gasteiger partial charge in [0.15, 0.2) is 0 Å². The van der Waals surface area contributed by atoms with Crippen LogP contribution in [0.4, 0.5) is 11.4 Å². The van der Waals surface area contributed by atoms with Gasteiger partial charge in [-0.05, 0) is 19.1 Å². The number of hydrogen-bond donors (Lipinski definition) is 1. The van der Waals surface area contributed by atoms with Gasteiger partial charge in [0.05, 0.1) is 17.1 Å². The number of carbonyl (C=O) groups is 2. The largest absolute Gasteiger partial charge is 0.324 e. The maximum atomic E-state index is 13.3. The molecular weight excluding hydrogens is 458 g/mol. The topological polar surface area (TPSA) is 88.1 Å².